The van der Waals surface area contributed by atoms with Crippen LogP contribution in [0.5, 0.6) is 0 Å². The fourth-order valence-corrected chi connectivity index (χ4v) is 6.63. The molecule has 3 N–H and O–H groups in total. The van der Waals surface area contributed by atoms with Crippen LogP contribution in [0.25, 0.3) is 0 Å². The van der Waals surface area contributed by atoms with Gasteiger partial charge in [-0.1, -0.05) is 160 Å². The Bertz CT molecular complexity index is 941. The highest BCUT2D eigenvalue weighted by Gasteiger charge is 2.27. The Hall–Kier alpha value is -1.55. The highest BCUT2D eigenvalue weighted by atomic mass is 31.2. The Kier molecular flexibility index (Phi) is 37.6. The lowest BCUT2D eigenvalue weighted by atomic mass is 10.1. The molecule has 0 fully saturated rings. The van der Waals surface area contributed by atoms with Crippen molar-refractivity contribution in [1.29, 1.82) is 0 Å². The largest absolute Gasteiger partial charge is 0.472 e. The van der Waals surface area contributed by atoms with E-state index in [1.807, 2.05) is 0 Å². The van der Waals surface area contributed by atoms with Crippen LogP contribution in [0.15, 0.2) is 24.3 Å². The van der Waals surface area contributed by atoms with Crippen LogP contribution in [0.3, 0.4) is 0 Å². The maximum Gasteiger partial charge on any atom is 0.472 e. The zero-order valence-electron chi connectivity index (χ0n) is 33.7. The molecule has 0 aromatic heterocycles. The van der Waals surface area contributed by atoms with Crippen molar-refractivity contribution in [1.82, 2.24) is 0 Å². The van der Waals surface area contributed by atoms with Crippen molar-refractivity contribution >= 4 is 19.8 Å². The summed E-state index contributed by atoms with van der Waals surface area (Å²) in [6, 6.07) is 0. The maximum absolute atomic E-state index is 12.3. The van der Waals surface area contributed by atoms with Crippen molar-refractivity contribution in [3.05, 3.63) is 24.3 Å². The molecule has 0 aliphatic heterocycles. The van der Waals surface area contributed by atoms with Gasteiger partial charge in [0, 0.05) is 12.8 Å². The van der Waals surface area contributed by atoms with E-state index in [2.05, 4.69) is 38.2 Å². The number of esters is 2. The molecule has 0 saturated heterocycles. The maximum atomic E-state index is 12.3. The van der Waals surface area contributed by atoms with Crippen LogP contribution >= 0.6 is 7.82 Å². The Morgan fingerprint density at radius 2 is 0.830 bits per heavy atom. The molecule has 0 rings (SSSR count). The Balaban J connectivity index is 3.87. The monoisotopic (exact) mass is 775 g/mol. The normalized spacial score (nSPS) is 14.1. The Labute approximate surface area is 323 Å². The summed E-state index contributed by atoms with van der Waals surface area (Å²) in [7, 11) is -4.63. The van der Waals surface area contributed by atoms with Gasteiger partial charge in [-0.25, -0.2) is 4.57 Å². The summed E-state index contributed by atoms with van der Waals surface area (Å²) in [5.41, 5.74) is 0. The molecule has 0 aliphatic rings. The first-order chi connectivity index (χ1) is 25.8. The summed E-state index contributed by atoms with van der Waals surface area (Å²) in [5, 5.41) is 19.1. The lowest BCUT2D eigenvalue weighted by Crippen LogP contribution is -2.28. The highest BCUT2D eigenvalue weighted by molar-refractivity contribution is 7.47. The Morgan fingerprint density at radius 1 is 0.509 bits per heavy atom. The van der Waals surface area contributed by atoms with Crippen LogP contribution in [0.1, 0.15) is 194 Å². The fraction of sp³-hybridized carbons (Fsp3) is 0.857. The molecule has 0 radical (unpaired) electrons. The van der Waals surface area contributed by atoms with E-state index in [1.54, 1.807) is 0 Å². The van der Waals surface area contributed by atoms with Gasteiger partial charge in [-0.15, -0.1) is 0 Å². The number of carbonyl (C=O) groups is 2. The molecule has 0 saturated carbocycles. The number of aliphatic hydroxyl groups excluding tert-OH is 2. The first kappa shape index (κ1) is 51.5. The van der Waals surface area contributed by atoms with Crippen molar-refractivity contribution < 1.29 is 47.8 Å². The van der Waals surface area contributed by atoms with Gasteiger partial charge in [0.15, 0.2) is 0 Å². The third-order valence-corrected chi connectivity index (χ3v) is 10.1. The molecule has 0 spiro atoms. The average molecular weight is 775 g/mol. The van der Waals surface area contributed by atoms with Crippen LogP contribution in [0.2, 0.25) is 0 Å². The summed E-state index contributed by atoms with van der Waals surface area (Å²) >= 11 is 0. The van der Waals surface area contributed by atoms with Crippen LogP contribution in [0.4, 0.5) is 0 Å². The van der Waals surface area contributed by atoms with Crippen molar-refractivity contribution in [2.75, 3.05) is 26.4 Å². The van der Waals surface area contributed by atoms with Crippen molar-refractivity contribution in [3.8, 4) is 0 Å². The minimum atomic E-state index is -4.63. The second kappa shape index (κ2) is 38.7. The molecule has 53 heavy (non-hydrogen) atoms. The lowest BCUT2D eigenvalue weighted by molar-refractivity contribution is -0.153. The van der Waals surface area contributed by atoms with Crippen molar-refractivity contribution in [2.45, 2.75) is 206 Å². The van der Waals surface area contributed by atoms with Gasteiger partial charge in [-0.2, -0.15) is 0 Å². The summed E-state index contributed by atoms with van der Waals surface area (Å²) in [6.45, 7) is 2.17. The van der Waals surface area contributed by atoms with Gasteiger partial charge in [0.05, 0.1) is 26.4 Å². The van der Waals surface area contributed by atoms with E-state index in [-0.39, 0.29) is 12.8 Å². The summed E-state index contributed by atoms with van der Waals surface area (Å²) < 4.78 is 32.5. The number of phosphoric ester groups is 1. The minimum Gasteiger partial charge on any atom is -0.457 e. The number of hydrogen-bond acceptors (Lipinski definition) is 9. The van der Waals surface area contributed by atoms with Crippen molar-refractivity contribution in [2.24, 2.45) is 0 Å². The molecule has 0 aliphatic carbocycles. The van der Waals surface area contributed by atoms with Gasteiger partial charge in [-0.3, -0.25) is 18.6 Å². The molecule has 0 bridgehead atoms. The zero-order chi connectivity index (χ0) is 39.1. The van der Waals surface area contributed by atoms with E-state index in [0.717, 1.165) is 51.4 Å². The predicted molar refractivity (Wildman–Crippen MR) is 215 cm³/mol. The third kappa shape index (κ3) is 37.2. The molecule has 3 atom stereocenters. The van der Waals surface area contributed by atoms with Gasteiger partial charge < -0.3 is 24.6 Å². The summed E-state index contributed by atoms with van der Waals surface area (Å²) in [5.74, 6) is -1.02. The number of carbonyl (C=O) groups excluding carboxylic acids is 2. The molecule has 11 heteroatoms. The zero-order valence-corrected chi connectivity index (χ0v) is 34.6. The number of rotatable bonds is 40. The SMILES string of the molecule is CCCCCCC/C=C\C/C=C\CCCCCCCCCCCC(=O)OC(CO)COP(=O)(O)OCC(CO)OC(=O)CCCCCCCCCCC. The second-order valence-electron chi connectivity index (χ2n) is 14.3. The number of unbranched alkanes of at least 4 members (excludes halogenated alkanes) is 22. The van der Waals surface area contributed by atoms with Crippen molar-refractivity contribution in [3.63, 3.8) is 0 Å². The van der Waals surface area contributed by atoms with E-state index in [1.165, 1.54) is 103 Å². The number of aliphatic hydroxyl groups is 2. The molecule has 3 unspecified atom stereocenters. The van der Waals surface area contributed by atoms with E-state index < -0.39 is 58.4 Å². The highest BCUT2D eigenvalue weighted by Crippen LogP contribution is 2.43. The van der Waals surface area contributed by atoms with Crippen LogP contribution in [-0.4, -0.2) is 65.7 Å². The molecule has 10 nitrogen and oxygen atoms in total. The number of phosphoric acid groups is 1. The minimum absolute atomic E-state index is 0.189. The third-order valence-electron chi connectivity index (χ3n) is 9.17. The molecular formula is C42H79O10P. The van der Waals surface area contributed by atoms with Crippen LogP contribution in [-0.2, 0) is 32.7 Å². The van der Waals surface area contributed by atoms with Crippen LogP contribution < -0.4 is 0 Å². The number of hydrogen-bond donors (Lipinski definition) is 3. The standard InChI is InChI=1S/C42H79O10P/c1-3-5-7-9-11-13-14-15-16-17-18-19-20-21-22-23-24-26-28-30-32-34-42(46)52-40(36-44)38-50-53(47,48)49-37-39(35-43)51-41(45)33-31-29-27-25-12-10-8-6-4-2/h14-15,17-18,39-40,43-44H,3-13,16,19-38H2,1-2H3,(H,47,48)/b15-14-,18-17-. The molecule has 0 aromatic carbocycles. The lowest BCUT2D eigenvalue weighted by Gasteiger charge is -2.20. The van der Waals surface area contributed by atoms with E-state index >= 15 is 0 Å². The number of allylic oxidation sites excluding steroid dienone is 4. The average Bonchev–Trinajstić information content (AvgIpc) is 3.14. The van der Waals surface area contributed by atoms with Gasteiger partial charge >= 0.3 is 19.8 Å². The molecular weight excluding hydrogens is 695 g/mol. The topological polar surface area (TPSA) is 149 Å². The number of ether oxygens (including phenoxy) is 2. The smallest absolute Gasteiger partial charge is 0.457 e. The van der Waals surface area contributed by atoms with E-state index in [9.17, 15) is 29.3 Å². The molecule has 0 heterocycles. The fourth-order valence-electron chi connectivity index (χ4n) is 5.85. The molecule has 0 amide bonds. The summed E-state index contributed by atoms with van der Waals surface area (Å²) in [4.78, 5) is 34.4. The van der Waals surface area contributed by atoms with E-state index in [4.69, 9.17) is 18.5 Å². The first-order valence-electron chi connectivity index (χ1n) is 21.3. The Morgan fingerprint density at radius 3 is 1.17 bits per heavy atom. The van der Waals surface area contributed by atoms with Gasteiger partial charge in [0.1, 0.15) is 12.2 Å². The summed E-state index contributed by atoms with van der Waals surface area (Å²) in [6.07, 6.45) is 37.4. The predicted octanol–water partition coefficient (Wildman–Crippen LogP) is 11.0. The first-order valence-corrected chi connectivity index (χ1v) is 22.8. The van der Waals surface area contributed by atoms with Gasteiger partial charge in [0.25, 0.3) is 0 Å². The second-order valence-corrected chi connectivity index (χ2v) is 15.8. The quantitative estimate of drug-likeness (QED) is 0.0238. The van der Waals surface area contributed by atoms with E-state index in [0.29, 0.717) is 12.8 Å². The molecule has 312 valence electrons. The molecule has 0 aromatic rings. The van der Waals surface area contributed by atoms with Gasteiger partial charge in [-0.05, 0) is 44.9 Å². The van der Waals surface area contributed by atoms with Gasteiger partial charge in [0.2, 0.25) is 0 Å². The van der Waals surface area contributed by atoms with Crippen LogP contribution in [0, 0.1) is 0 Å².